The van der Waals surface area contributed by atoms with Crippen molar-refractivity contribution >= 4 is 8.51 Å². The Morgan fingerprint density at radius 1 is 0.882 bits per heavy atom. The molecule has 0 amide bonds. The van der Waals surface area contributed by atoms with Gasteiger partial charge in [0.15, 0.2) is 0 Å². The first-order valence-electron chi connectivity index (χ1n) is 7.33. The molecule has 0 unspecified atom stereocenters. The fourth-order valence-corrected chi connectivity index (χ4v) is 3.45. The van der Waals surface area contributed by atoms with Gasteiger partial charge in [-0.3, -0.25) is 0 Å². The van der Waals surface area contributed by atoms with Gasteiger partial charge < -0.3 is 4.75 Å². The molecule has 2 nitrogen and oxygen atoms in total. The quantitative estimate of drug-likeness (QED) is 0.714. The molecular formula is C14H25N2P. The van der Waals surface area contributed by atoms with Gasteiger partial charge in [-0.15, -0.1) is 0 Å². The highest BCUT2D eigenvalue weighted by Crippen LogP contribution is 2.28. The number of nitrogens with one attached hydrogen (secondary N) is 1. The summed E-state index contributed by atoms with van der Waals surface area (Å²) < 4.78 is 7.75. The number of hydrogen-bond acceptors (Lipinski definition) is 1. The van der Waals surface area contributed by atoms with E-state index in [1.54, 1.807) is 0 Å². The van der Waals surface area contributed by atoms with E-state index < -0.39 is 0 Å². The summed E-state index contributed by atoms with van der Waals surface area (Å²) in [6, 6.07) is 0. The van der Waals surface area contributed by atoms with Crippen LogP contribution < -0.4 is 0 Å². The molecule has 1 aliphatic carbocycles. The summed E-state index contributed by atoms with van der Waals surface area (Å²) in [4.78, 5) is 0. The van der Waals surface area contributed by atoms with Crippen LogP contribution in [0.15, 0.2) is 6.20 Å². The summed E-state index contributed by atoms with van der Waals surface area (Å²) in [5.41, 5.74) is 1.34. The first-order valence-corrected chi connectivity index (χ1v) is 8.18. The van der Waals surface area contributed by atoms with Crippen molar-refractivity contribution in [3.63, 3.8) is 0 Å². The molecule has 1 N–H and O–H groups in total. The van der Waals surface area contributed by atoms with Crippen LogP contribution in [0.3, 0.4) is 0 Å². The first kappa shape index (κ1) is 13.1. The predicted octanol–water partition coefficient (Wildman–Crippen LogP) is 5.38. The largest absolute Gasteiger partial charge is 0.328 e. The normalized spacial score (nSPS) is 22.1. The van der Waals surface area contributed by atoms with Crippen LogP contribution in [0.5, 0.6) is 0 Å². The second-order valence-electron chi connectivity index (χ2n) is 5.35. The summed E-state index contributed by atoms with van der Waals surface area (Å²) in [5, 5.41) is 0. The highest BCUT2D eigenvalue weighted by atomic mass is 31.1. The van der Waals surface area contributed by atoms with E-state index in [2.05, 4.69) is 15.7 Å². The number of aromatic amines is 1. The Morgan fingerprint density at radius 3 is 1.88 bits per heavy atom. The Balaban J connectivity index is 1.84. The van der Waals surface area contributed by atoms with E-state index in [0.717, 1.165) is 14.4 Å². The minimum atomic E-state index is 0.733. The summed E-state index contributed by atoms with van der Waals surface area (Å²) in [6.07, 6.45) is 17.8. The van der Waals surface area contributed by atoms with E-state index in [9.17, 15) is 0 Å². The van der Waals surface area contributed by atoms with Crippen LogP contribution in [0.2, 0.25) is 0 Å². The van der Waals surface area contributed by atoms with Crippen molar-refractivity contribution in [2.75, 3.05) is 0 Å². The second-order valence-corrected chi connectivity index (χ2v) is 6.01. The van der Waals surface area contributed by atoms with Crippen LogP contribution in [0.1, 0.15) is 82.2 Å². The molecule has 1 aliphatic rings. The van der Waals surface area contributed by atoms with E-state index in [0.29, 0.717) is 0 Å². The molecule has 1 fully saturated rings. The highest BCUT2D eigenvalue weighted by Gasteiger charge is 2.13. The molecule has 96 valence electrons. The molecule has 1 aromatic heterocycles. The smallest absolute Gasteiger partial charge is 0.129 e. The third kappa shape index (κ3) is 4.79. The molecule has 0 spiro atoms. The van der Waals surface area contributed by atoms with Crippen LogP contribution in [-0.4, -0.2) is 9.49 Å². The van der Waals surface area contributed by atoms with E-state index >= 15 is 0 Å². The maximum atomic E-state index is 4.55. The molecule has 2 rings (SSSR count). The summed E-state index contributed by atoms with van der Waals surface area (Å²) in [6.45, 7) is 0. The van der Waals surface area contributed by atoms with Crippen molar-refractivity contribution in [2.45, 2.75) is 76.5 Å². The van der Waals surface area contributed by atoms with Gasteiger partial charge in [-0.2, -0.15) is 0 Å². The zero-order chi connectivity index (χ0) is 11.8. The molecule has 1 aromatic rings. The van der Waals surface area contributed by atoms with Gasteiger partial charge in [0, 0.05) is 12.1 Å². The molecule has 0 atom stereocenters. The van der Waals surface area contributed by atoms with Gasteiger partial charge in [0.1, 0.15) is 8.51 Å². The van der Waals surface area contributed by atoms with Crippen molar-refractivity contribution in [1.29, 1.82) is 0 Å². The molecule has 1 saturated carbocycles. The number of H-pyrrole nitrogens is 1. The van der Waals surface area contributed by atoms with E-state index in [4.69, 9.17) is 0 Å². The van der Waals surface area contributed by atoms with Gasteiger partial charge >= 0.3 is 0 Å². The molecule has 1 heterocycles. The molecule has 0 saturated heterocycles. The van der Waals surface area contributed by atoms with Crippen LogP contribution in [0, 0.1) is 0 Å². The summed E-state index contributed by atoms with van der Waals surface area (Å²) in [7, 11) is 1.04. The molecule has 3 heteroatoms. The van der Waals surface area contributed by atoms with Gasteiger partial charge in [-0.25, -0.2) is 4.75 Å². The fourth-order valence-electron chi connectivity index (χ4n) is 2.87. The van der Waals surface area contributed by atoms with E-state index in [1.165, 1.54) is 76.3 Å². The molecule has 0 aliphatic heterocycles. The van der Waals surface area contributed by atoms with Gasteiger partial charge in [0.05, 0.1) is 5.69 Å². The van der Waals surface area contributed by atoms with Gasteiger partial charge in [-0.1, -0.05) is 57.8 Å². The van der Waals surface area contributed by atoms with Crippen molar-refractivity contribution < 1.29 is 0 Å². The Morgan fingerprint density at radius 2 is 1.41 bits per heavy atom. The summed E-state index contributed by atoms with van der Waals surface area (Å²) in [5.74, 6) is 0.733. The SMILES string of the molecule is c1[nH]pnc1C1CCCCCCCCCCC1. The summed E-state index contributed by atoms with van der Waals surface area (Å²) >= 11 is 0. The monoisotopic (exact) mass is 252 g/mol. The van der Waals surface area contributed by atoms with Crippen molar-refractivity contribution in [1.82, 2.24) is 9.49 Å². The van der Waals surface area contributed by atoms with Crippen LogP contribution in [0.4, 0.5) is 0 Å². The molecule has 0 aromatic carbocycles. The average Bonchev–Trinajstić information content (AvgIpc) is 2.83. The number of hydrogen-bond donors (Lipinski definition) is 1. The van der Waals surface area contributed by atoms with E-state index in [-0.39, 0.29) is 0 Å². The molecular weight excluding hydrogens is 227 g/mol. The molecule has 0 radical (unpaired) electrons. The maximum Gasteiger partial charge on any atom is 0.129 e. The first-order chi connectivity index (χ1) is 8.47. The lowest BCUT2D eigenvalue weighted by Gasteiger charge is -2.15. The molecule has 17 heavy (non-hydrogen) atoms. The topological polar surface area (TPSA) is 28.7 Å². The number of nitrogens with zero attached hydrogens (tertiary/aromatic N) is 1. The molecule has 0 bridgehead atoms. The predicted molar refractivity (Wildman–Crippen MR) is 74.6 cm³/mol. The van der Waals surface area contributed by atoms with Gasteiger partial charge in [0.25, 0.3) is 0 Å². The maximum absolute atomic E-state index is 4.55. The van der Waals surface area contributed by atoms with Gasteiger partial charge in [0.2, 0.25) is 0 Å². The lowest BCUT2D eigenvalue weighted by Crippen LogP contribution is -2.00. The van der Waals surface area contributed by atoms with Crippen molar-refractivity contribution in [3.8, 4) is 0 Å². The van der Waals surface area contributed by atoms with Crippen molar-refractivity contribution in [3.05, 3.63) is 11.9 Å². The van der Waals surface area contributed by atoms with E-state index in [1.807, 2.05) is 0 Å². The second kappa shape index (κ2) is 7.87. The third-order valence-electron chi connectivity index (χ3n) is 3.96. The van der Waals surface area contributed by atoms with Crippen molar-refractivity contribution in [2.24, 2.45) is 0 Å². The number of rotatable bonds is 1. The zero-order valence-corrected chi connectivity index (χ0v) is 11.7. The average molecular weight is 252 g/mol. The Kier molecular flexibility index (Phi) is 6.05. The zero-order valence-electron chi connectivity index (χ0n) is 10.8. The van der Waals surface area contributed by atoms with Crippen LogP contribution in [0.25, 0.3) is 0 Å². The van der Waals surface area contributed by atoms with Crippen LogP contribution >= 0.6 is 8.51 Å². The van der Waals surface area contributed by atoms with Gasteiger partial charge in [-0.05, 0) is 12.8 Å². The highest BCUT2D eigenvalue weighted by molar-refractivity contribution is 7.20. The number of aromatic nitrogens is 2. The minimum absolute atomic E-state index is 0.733. The Hall–Kier alpha value is -0.360. The third-order valence-corrected chi connectivity index (χ3v) is 4.53. The minimum Gasteiger partial charge on any atom is -0.328 e. The van der Waals surface area contributed by atoms with Crippen LogP contribution in [-0.2, 0) is 0 Å². The lowest BCUT2D eigenvalue weighted by atomic mass is 9.91. The Labute approximate surface area is 107 Å². The fraction of sp³-hybridized carbons (Fsp3) is 0.857. The lowest BCUT2D eigenvalue weighted by molar-refractivity contribution is 0.463. The standard InChI is InChI=1S/C14H25N2P/c1-2-4-6-8-10-13(11-9-7-5-3-1)14-12-15-17-16-14/h12-13H,1-11H2,(H,15,16). The Bertz CT molecular complexity index is 272.